The van der Waals surface area contributed by atoms with Gasteiger partial charge < -0.3 is 10.2 Å². The SMILES string of the molecule is O[C@@H]1c2ccccc2Sc2ccc(Cl)cc2[C@H]1O. The fourth-order valence-electron chi connectivity index (χ4n) is 2.12. The highest BCUT2D eigenvalue weighted by molar-refractivity contribution is 7.99. The molecule has 1 aliphatic rings. The van der Waals surface area contributed by atoms with E-state index < -0.39 is 12.2 Å². The first-order valence-electron chi connectivity index (χ1n) is 5.59. The van der Waals surface area contributed by atoms with Gasteiger partial charge in [-0.2, -0.15) is 0 Å². The smallest absolute Gasteiger partial charge is 0.110 e. The summed E-state index contributed by atoms with van der Waals surface area (Å²) in [6, 6.07) is 12.9. The minimum Gasteiger partial charge on any atom is -0.385 e. The lowest BCUT2D eigenvalue weighted by molar-refractivity contribution is 0.0148. The van der Waals surface area contributed by atoms with Crippen molar-refractivity contribution in [3.8, 4) is 0 Å². The van der Waals surface area contributed by atoms with Gasteiger partial charge in [0, 0.05) is 14.8 Å². The van der Waals surface area contributed by atoms with E-state index in [0.29, 0.717) is 10.6 Å². The number of hydrogen-bond acceptors (Lipinski definition) is 3. The maximum atomic E-state index is 10.3. The fraction of sp³-hybridized carbons (Fsp3) is 0.143. The van der Waals surface area contributed by atoms with Crippen molar-refractivity contribution < 1.29 is 10.2 Å². The monoisotopic (exact) mass is 278 g/mol. The highest BCUT2D eigenvalue weighted by atomic mass is 35.5. The summed E-state index contributed by atoms with van der Waals surface area (Å²) in [4.78, 5) is 1.89. The first-order chi connectivity index (χ1) is 8.66. The minimum atomic E-state index is -0.949. The number of benzene rings is 2. The number of aliphatic hydroxyl groups is 2. The van der Waals surface area contributed by atoms with Crippen LogP contribution in [0.5, 0.6) is 0 Å². The molecule has 2 aromatic rings. The van der Waals surface area contributed by atoms with Crippen LogP contribution in [-0.2, 0) is 0 Å². The van der Waals surface area contributed by atoms with Crippen LogP contribution >= 0.6 is 23.4 Å². The zero-order chi connectivity index (χ0) is 12.7. The lowest BCUT2D eigenvalue weighted by Gasteiger charge is -2.17. The Morgan fingerprint density at radius 1 is 0.889 bits per heavy atom. The Labute approximate surface area is 114 Å². The molecule has 4 heteroatoms. The lowest BCUT2D eigenvalue weighted by Crippen LogP contribution is -2.09. The van der Waals surface area contributed by atoms with Crippen LogP contribution in [0.3, 0.4) is 0 Å². The van der Waals surface area contributed by atoms with Crippen molar-refractivity contribution in [1.82, 2.24) is 0 Å². The molecule has 92 valence electrons. The summed E-state index contributed by atoms with van der Waals surface area (Å²) in [6.45, 7) is 0. The molecular weight excluding hydrogens is 268 g/mol. The highest BCUT2D eigenvalue weighted by Gasteiger charge is 2.28. The molecule has 0 aliphatic carbocycles. The van der Waals surface area contributed by atoms with E-state index >= 15 is 0 Å². The third-order valence-electron chi connectivity index (χ3n) is 3.05. The van der Waals surface area contributed by atoms with Gasteiger partial charge in [0.25, 0.3) is 0 Å². The van der Waals surface area contributed by atoms with E-state index in [9.17, 15) is 10.2 Å². The second kappa shape index (κ2) is 4.59. The van der Waals surface area contributed by atoms with Crippen molar-refractivity contribution in [2.24, 2.45) is 0 Å². The number of halogens is 1. The Morgan fingerprint density at radius 3 is 2.39 bits per heavy atom. The Hall–Kier alpha value is -1.00. The molecule has 18 heavy (non-hydrogen) atoms. The van der Waals surface area contributed by atoms with Crippen LogP contribution < -0.4 is 0 Å². The van der Waals surface area contributed by atoms with Gasteiger partial charge in [-0.15, -0.1) is 0 Å². The van der Waals surface area contributed by atoms with Gasteiger partial charge >= 0.3 is 0 Å². The van der Waals surface area contributed by atoms with Crippen molar-refractivity contribution in [2.75, 3.05) is 0 Å². The van der Waals surface area contributed by atoms with Crippen molar-refractivity contribution in [3.05, 3.63) is 58.6 Å². The molecule has 1 aliphatic heterocycles. The Morgan fingerprint density at radius 2 is 1.56 bits per heavy atom. The van der Waals surface area contributed by atoms with Crippen LogP contribution in [0.4, 0.5) is 0 Å². The third-order valence-corrected chi connectivity index (χ3v) is 4.47. The average molecular weight is 279 g/mol. The van der Waals surface area contributed by atoms with Crippen LogP contribution in [0.25, 0.3) is 0 Å². The molecule has 2 nitrogen and oxygen atoms in total. The molecule has 3 rings (SSSR count). The normalized spacial score (nSPS) is 21.9. The van der Waals surface area contributed by atoms with Gasteiger partial charge in [-0.05, 0) is 35.4 Å². The molecule has 1 heterocycles. The molecule has 2 aromatic carbocycles. The summed E-state index contributed by atoms with van der Waals surface area (Å²) in [5.74, 6) is 0. The molecule has 0 unspecified atom stereocenters. The molecule has 0 fully saturated rings. The summed E-state index contributed by atoms with van der Waals surface area (Å²) >= 11 is 7.49. The van der Waals surface area contributed by atoms with Crippen LogP contribution in [0, 0.1) is 0 Å². The van der Waals surface area contributed by atoms with Crippen molar-refractivity contribution in [3.63, 3.8) is 0 Å². The summed E-state index contributed by atoms with van der Waals surface area (Å²) in [6.07, 6.45) is -1.87. The number of rotatable bonds is 0. The molecule has 2 N–H and O–H groups in total. The predicted octanol–water partition coefficient (Wildman–Crippen LogP) is 3.57. The van der Waals surface area contributed by atoms with Gasteiger partial charge in [0.15, 0.2) is 0 Å². The number of fused-ring (bicyclic) bond motifs is 2. The van der Waals surface area contributed by atoms with Crippen LogP contribution in [0.2, 0.25) is 5.02 Å². The van der Waals surface area contributed by atoms with Crippen molar-refractivity contribution in [1.29, 1.82) is 0 Å². The van der Waals surface area contributed by atoms with E-state index in [1.54, 1.807) is 23.9 Å². The Balaban J connectivity index is 2.20. The summed E-state index contributed by atoms with van der Waals surface area (Å²) in [5, 5.41) is 21.1. The molecule has 0 bridgehead atoms. The van der Waals surface area contributed by atoms with Crippen LogP contribution in [-0.4, -0.2) is 10.2 Å². The topological polar surface area (TPSA) is 40.5 Å². The Kier molecular flexibility index (Phi) is 3.08. The molecule has 0 aromatic heterocycles. The number of aliphatic hydroxyl groups excluding tert-OH is 2. The van der Waals surface area contributed by atoms with Gasteiger partial charge in [-0.3, -0.25) is 0 Å². The van der Waals surface area contributed by atoms with Crippen molar-refractivity contribution in [2.45, 2.75) is 22.0 Å². The molecule has 0 saturated heterocycles. The molecule has 2 atom stereocenters. The van der Waals surface area contributed by atoms with E-state index in [4.69, 9.17) is 11.6 Å². The predicted molar refractivity (Wildman–Crippen MR) is 71.9 cm³/mol. The standard InChI is InChI=1S/C14H11ClO2S/c15-8-5-6-12-10(7-8)14(17)13(16)9-3-1-2-4-11(9)18-12/h1-7,13-14,16-17H/t13-,14-/m1/s1. The first-order valence-corrected chi connectivity index (χ1v) is 6.78. The summed E-state index contributed by atoms with van der Waals surface area (Å²) in [5.41, 5.74) is 1.43. The lowest BCUT2D eigenvalue weighted by atomic mass is 9.98. The van der Waals surface area contributed by atoms with Gasteiger partial charge in [-0.1, -0.05) is 41.6 Å². The average Bonchev–Trinajstić information content (AvgIpc) is 2.48. The second-order valence-electron chi connectivity index (χ2n) is 4.21. The maximum Gasteiger partial charge on any atom is 0.110 e. The highest BCUT2D eigenvalue weighted by Crippen LogP contribution is 2.45. The zero-order valence-corrected chi connectivity index (χ0v) is 10.9. The van der Waals surface area contributed by atoms with E-state index in [2.05, 4.69) is 0 Å². The second-order valence-corrected chi connectivity index (χ2v) is 5.73. The molecule has 0 radical (unpaired) electrons. The molecule has 0 saturated carbocycles. The van der Waals surface area contributed by atoms with E-state index in [1.807, 2.05) is 30.3 Å². The van der Waals surface area contributed by atoms with Crippen molar-refractivity contribution >= 4 is 23.4 Å². The summed E-state index contributed by atoms with van der Waals surface area (Å²) < 4.78 is 0. The third kappa shape index (κ3) is 1.93. The van der Waals surface area contributed by atoms with E-state index in [1.165, 1.54) is 0 Å². The van der Waals surface area contributed by atoms with Crippen LogP contribution in [0.15, 0.2) is 52.3 Å². The fourth-order valence-corrected chi connectivity index (χ4v) is 3.42. The zero-order valence-electron chi connectivity index (χ0n) is 9.38. The van der Waals surface area contributed by atoms with E-state index in [0.717, 1.165) is 15.4 Å². The number of hydrogen-bond donors (Lipinski definition) is 2. The maximum absolute atomic E-state index is 10.3. The van der Waals surface area contributed by atoms with Crippen LogP contribution in [0.1, 0.15) is 23.3 Å². The quantitative estimate of drug-likeness (QED) is 0.774. The molecular formula is C14H11ClO2S. The summed E-state index contributed by atoms with van der Waals surface area (Å²) in [7, 11) is 0. The van der Waals surface area contributed by atoms with Gasteiger partial charge in [0.2, 0.25) is 0 Å². The van der Waals surface area contributed by atoms with Gasteiger partial charge in [0.1, 0.15) is 12.2 Å². The molecule has 0 spiro atoms. The first kappa shape index (κ1) is 12.1. The van der Waals surface area contributed by atoms with E-state index in [-0.39, 0.29) is 0 Å². The Bertz CT molecular complexity index is 600. The van der Waals surface area contributed by atoms with Gasteiger partial charge in [-0.25, -0.2) is 0 Å². The minimum absolute atomic E-state index is 0.562. The van der Waals surface area contributed by atoms with Gasteiger partial charge in [0.05, 0.1) is 0 Å². The largest absolute Gasteiger partial charge is 0.385 e. The molecule has 0 amide bonds.